The number of hydrogen-bond donors (Lipinski definition) is 2. The van der Waals surface area contributed by atoms with Crippen molar-refractivity contribution in [1.29, 1.82) is 0 Å². The highest BCUT2D eigenvalue weighted by Crippen LogP contribution is 2.30. The van der Waals surface area contributed by atoms with Gasteiger partial charge in [-0.2, -0.15) is 0 Å². The summed E-state index contributed by atoms with van der Waals surface area (Å²) >= 11 is 1.88. The van der Waals surface area contributed by atoms with E-state index < -0.39 is 18.2 Å². The zero-order chi connectivity index (χ0) is 19.3. The molecule has 0 saturated carbocycles. The van der Waals surface area contributed by atoms with Crippen LogP contribution in [-0.4, -0.2) is 46.8 Å². The van der Waals surface area contributed by atoms with Crippen LogP contribution in [-0.2, 0) is 9.53 Å². The molecule has 4 N–H and O–H groups in total. The van der Waals surface area contributed by atoms with Gasteiger partial charge in [-0.3, -0.25) is 4.79 Å². The molecule has 0 fully saturated rings. The van der Waals surface area contributed by atoms with E-state index in [9.17, 15) is 19.8 Å². The summed E-state index contributed by atoms with van der Waals surface area (Å²) in [4.78, 5) is 24.6. The highest BCUT2D eigenvalue weighted by Gasteiger charge is 2.22. The van der Waals surface area contributed by atoms with Crippen molar-refractivity contribution < 1.29 is 34.8 Å². The third kappa shape index (κ3) is 6.05. The van der Waals surface area contributed by atoms with Gasteiger partial charge in [0.2, 0.25) is 0 Å². The number of hydrogen-bond acceptors (Lipinski definition) is 6. The third-order valence-electron chi connectivity index (χ3n) is 3.94. The molecule has 0 unspecified atom stereocenters. The predicted octanol–water partition coefficient (Wildman–Crippen LogP) is 2.57. The molecule has 0 radical (unpaired) electrons. The molecule has 1 aliphatic heterocycles. The molecule has 0 aliphatic carbocycles. The van der Waals surface area contributed by atoms with Crippen molar-refractivity contribution in [3.05, 3.63) is 39.0 Å². The molecule has 1 aliphatic rings. The average Bonchev–Trinajstić information content (AvgIpc) is 2.60. The molecule has 2 rings (SSSR count). The number of ketones is 1. The maximum Gasteiger partial charge on any atom is 0.342 e. The normalized spacial score (nSPS) is 24.4. The zero-order valence-corrected chi connectivity index (χ0v) is 17.2. The summed E-state index contributed by atoms with van der Waals surface area (Å²) in [5, 5.41) is 20.2. The molecular formula is C19H23IO7. The molecule has 0 bridgehead atoms. The summed E-state index contributed by atoms with van der Waals surface area (Å²) in [6.07, 6.45) is 4.45. The molecule has 0 aromatic heterocycles. The van der Waals surface area contributed by atoms with E-state index in [4.69, 9.17) is 9.47 Å². The van der Waals surface area contributed by atoms with Crippen molar-refractivity contribution in [2.75, 3.05) is 7.11 Å². The van der Waals surface area contributed by atoms with Crippen LogP contribution >= 0.6 is 22.6 Å². The van der Waals surface area contributed by atoms with Gasteiger partial charge in [0.15, 0.2) is 5.78 Å². The van der Waals surface area contributed by atoms with Gasteiger partial charge in [0, 0.05) is 12.5 Å². The number of carbonyl (C=O) groups excluding carboxylic acids is 2. The van der Waals surface area contributed by atoms with Crippen LogP contribution in [0.2, 0.25) is 0 Å². The molecule has 1 aromatic rings. The number of phenolic OH excluding ortho intramolecular Hbond substituents is 1. The Balaban J connectivity index is 0.00000364. The lowest BCUT2D eigenvalue weighted by molar-refractivity contribution is -0.122. The second-order valence-electron chi connectivity index (χ2n) is 5.97. The summed E-state index contributed by atoms with van der Waals surface area (Å²) in [7, 11) is 1.46. The second-order valence-corrected chi connectivity index (χ2v) is 7.14. The predicted molar refractivity (Wildman–Crippen MR) is 109 cm³/mol. The SMILES string of the molecule is COc1cc(O)c2c(c1)/C=C/CC[C@@H](O)C(=O)/C(I)=C\C[C@H](C)OC2=O.O. The van der Waals surface area contributed by atoms with Crippen molar-refractivity contribution in [3.63, 3.8) is 0 Å². The molecule has 0 saturated heterocycles. The fourth-order valence-corrected chi connectivity index (χ4v) is 3.12. The van der Waals surface area contributed by atoms with Gasteiger partial charge >= 0.3 is 5.97 Å². The largest absolute Gasteiger partial charge is 0.507 e. The van der Waals surface area contributed by atoms with E-state index in [2.05, 4.69) is 0 Å². The Labute approximate surface area is 171 Å². The van der Waals surface area contributed by atoms with Crippen molar-refractivity contribution in [2.24, 2.45) is 0 Å². The second kappa shape index (κ2) is 10.4. The summed E-state index contributed by atoms with van der Waals surface area (Å²) in [6, 6.07) is 2.97. The minimum Gasteiger partial charge on any atom is -0.507 e. The third-order valence-corrected chi connectivity index (χ3v) is 4.91. The molecule has 2 atom stereocenters. The Bertz CT molecular complexity index is 755. The number of ether oxygens (including phenoxy) is 2. The van der Waals surface area contributed by atoms with Gasteiger partial charge in [-0.25, -0.2) is 4.79 Å². The number of halogens is 1. The van der Waals surface area contributed by atoms with Crippen LogP contribution in [0.15, 0.2) is 27.9 Å². The first-order valence-electron chi connectivity index (χ1n) is 8.20. The first kappa shape index (κ1) is 23.1. The lowest BCUT2D eigenvalue weighted by Gasteiger charge is -2.16. The number of methoxy groups -OCH3 is 1. The fraction of sp³-hybridized carbons (Fsp3) is 0.368. The van der Waals surface area contributed by atoms with E-state index in [0.29, 0.717) is 27.7 Å². The minimum absolute atomic E-state index is 0. The number of fused-ring (bicyclic) bond motifs is 1. The summed E-state index contributed by atoms with van der Waals surface area (Å²) in [5.74, 6) is -0.812. The molecule has 27 heavy (non-hydrogen) atoms. The average molecular weight is 490 g/mol. The van der Waals surface area contributed by atoms with Crippen molar-refractivity contribution in [1.82, 2.24) is 0 Å². The van der Waals surface area contributed by atoms with E-state index in [0.717, 1.165) is 0 Å². The molecule has 0 spiro atoms. The van der Waals surface area contributed by atoms with Gasteiger partial charge in [-0.1, -0.05) is 18.2 Å². The molecule has 1 heterocycles. The van der Waals surface area contributed by atoms with Gasteiger partial charge in [-0.05, 0) is 54.0 Å². The van der Waals surface area contributed by atoms with E-state index in [1.165, 1.54) is 13.2 Å². The zero-order valence-electron chi connectivity index (χ0n) is 15.1. The summed E-state index contributed by atoms with van der Waals surface area (Å²) in [6.45, 7) is 1.70. The van der Waals surface area contributed by atoms with E-state index in [1.807, 2.05) is 22.6 Å². The molecule has 1 aromatic carbocycles. The number of Topliss-reactive ketones (excluding diaryl/α,β-unsaturated/α-hetero) is 1. The highest BCUT2D eigenvalue weighted by molar-refractivity contribution is 14.1. The van der Waals surface area contributed by atoms with Crippen LogP contribution in [0.3, 0.4) is 0 Å². The van der Waals surface area contributed by atoms with Gasteiger partial charge in [0.25, 0.3) is 0 Å². The Hall–Kier alpha value is -1.91. The first-order valence-corrected chi connectivity index (χ1v) is 9.27. The van der Waals surface area contributed by atoms with Gasteiger partial charge < -0.3 is 25.2 Å². The van der Waals surface area contributed by atoms with Crippen molar-refractivity contribution in [2.45, 2.75) is 38.4 Å². The quantitative estimate of drug-likeness (QED) is 0.461. The Kier molecular flexibility index (Phi) is 8.94. The molecule has 7 nitrogen and oxygen atoms in total. The van der Waals surface area contributed by atoms with E-state index in [-0.39, 0.29) is 29.0 Å². The first-order chi connectivity index (χ1) is 12.3. The maximum atomic E-state index is 12.5. The van der Waals surface area contributed by atoms with Crippen LogP contribution in [0.1, 0.15) is 42.1 Å². The number of aliphatic hydroxyl groups is 1. The number of cyclic esters (lactones) is 1. The van der Waals surface area contributed by atoms with Gasteiger partial charge in [0.1, 0.15) is 29.3 Å². The Morgan fingerprint density at radius 2 is 2.00 bits per heavy atom. The molecule has 8 heteroatoms. The number of aliphatic hydroxyl groups excluding tert-OH is 1. The molecule has 0 amide bonds. The maximum absolute atomic E-state index is 12.5. The minimum atomic E-state index is -1.08. The van der Waals surface area contributed by atoms with Crippen LogP contribution in [0.25, 0.3) is 6.08 Å². The summed E-state index contributed by atoms with van der Waals surface area (Å²) in [5.41, 5.74) is 0.503. The number of benzene rings is 1. The molecule has 148 valence electrons. The monoisotopic (exact) mass is 490 g/mol. The smallest absolute Gasteiger partial charge is 0.342 e. The molecular weight excluding hydrogens is 467 g/mol. The van der Waals surface area contributed by atoms with Crippen LogP contribution in [0.4, 0.5) is 0 Å². The number of phenols is 1. The van der Waals surface area contributed by atoms with Crippen LogP contribution < -0.4 is 4.74 Å². The van der Waals surface area contributed by atoms with E-state index >= 15 is 0 Å². The number of esters is 1. The fourth-order valence-electron chi connectivity index (χ4n) is 2.51. The highest BCUT2D eigenvalue weighted by atomic mass is 127. The summed E-state index contributed by atoms with van der Waals surface area (Å²) < 4.78 is 10.9. The van der Waals surface area contributed by atoms with E-state index in [1.54, 1.807) is 31.2 Å². The van der Waals surface area contributed by atoms with Gasteiger partial charge in [0.05, 0.1) is 10.7 Å². The van der Waals surface area contributed by atoms with Crippen LogP contribution in [0.5, 0.6) is 11.5 Å². The number of rotatable bonds is 1. The van der Waals surface area contributed by atoms with Crippen LogP contribution in [0, 0.1) is 0 Å². The lowest BCUT2D eigenvalue weighted by Crippen LogP contribution is -2.21. The Morgan fingerprint density at radius 1 is 1.30 bits per heavy atom. The Morgan fingerprint density at radius 3 is 2.67 bits per heavy atom. The standard InChI is InChI=1S/C19H21IO6.H2O/c1-11-7-8-14(20)18(23)15(21)6-4-3-5-12-9-13(25-2)10-16(22)17(12)19(24)26-11;/h3,5,8-11,15,21-22H,4,6-7H2,1-2H3;1H2/b5-3+,14-8+;/t11-,15+;/m0./s1. The number of carbonyl (C=O) groups is 2. The topological polar surface area (TPSA) is 125 Å². The number of aromatic hydroxyl groups is 1. The van der Waals surface area contributed by atoms with Crippen molar-refractivity contribution >= 4 is 40.4 Å². The van der Waals surface area contributed by atoms with Crippen molar-refractivity contribution in [3.8, 4) is 11.5 Å². The van der Waals surface area contributed by atoms with Gasteiger partial charge in [-0.15, -0.1) is 0 Å². The number of allylic oxidation sites excluding steroid dienone is 1. The lowest BCUT2D eigenvalue weighted by atomic mass is 10.0.